The van der Waals surface area contributed by atoms with Crippen LogP contribution in [0.1, 0.15) is 0 Å². The summed E-state index contributed by atoms with van der Waals surface area (Å²) in [6.45, 7) is 8.21. The number of hydrogen-bond donors (Lipinski definition) is 0. The van der Waals surface area contributed by atoms with Gasteiger partial charge in [0.2, 0.25) is 0 Å². The van der Waals surface area contributed by atoms with Crippen LogP contribution in [-0.2, 0) is 11.5 Å². The lowest BCUT2D eigenvalue weighted by Gasteiger charge is -2.15. The summed E-state index contributed by atoms with van der Waals surface area (Å²) in [5.41, 5.74) is 0.930. The average molecular weight is 363 g/mol. The van der Waals surface area contributed by atoms with Crippen LogP contribution in [0.2, 0.25) is 30.8 Å². The summed E-state index contributed by atoms with van der Waals surface area (Å²) in [6, 6.07) is 2.95. The fraction of sp³-hybridized carbons (Fsp3) is 0.500. The van der Waals surface area contributed by atoms with Gasteiger partial charge in [0, 0.05) is 26.9 Å². The molecule has 0 aliphatic carbocycles. The van der Waals surface area contributed by atoms with Crippen molar-refractivity contribution in [2.75, 3.05) is 6.61 Å². The molecule has 0 aliphatic rings. The number of halogens is 2. The van der Waals surface area contributed by atoms with Crippen LogP contribution in [0, 0.1) is 0 Å². The molecule has 0 amide bonds. The van der Waals surface area contributed by atoms with E-state index in [-0.39, 0.29) is 0 Å². The molecule has 0 saturated heterocycles. The lowest BCUT2D eigenvalue weighted by molar-refractivity contribution is 0.0814. The van der Waals surface area contributed by atoms with Crippen molar-refractivity contribution < 1.29 is 4.74 Å². The van der Waals surface area contributed by atoms with Gasteiger partial charge in [-0.05, 0) is 22.0 Å². The van der Waals surface area contributed by atoms with E-state index in [0.717, 1.165) is 28.2 Å². The standard InChI is InChI=1S/C12H17BrClN3OSi/c1-19(2,3)5-4-18-8-17-10-6-11(14)15-7-9(10)12(13)16-17/h6-7H,4-5,8H2,1-3H3. The van der Waals surface area contributed by atoms with E-state index >= 15 is 0 Å². The highest BCUT2D eigenvalue weighted by atomic mass is 79.9. The summed E-state index contributed by atoms with van der Waals surface area (Å²) in [5, 5.41) is 5.79. The topological polar surface area (TPSA) is 39.9 Å². The van der Waals surface area contributed by atoms with Crippen molar-refractivity contribution in [3.8, 4) is 0 Å². The molecule has 0 radical (unpaired) electrons. The molecule has 0 aliphatic heterocycles. The molecule has 0 bridgehead atoms. The van der Waals surface area contributed by atoms with Crippen LogP contribution in [0.25, 0.3) is 10.9 Å². The molecule has 0 spiro atoms. The van der Waals surface area contributed by atoms with Gasteiger partial charge >= 0.3 is 0 Å². The van der Waals surface area contributed by atoms with E-state index in [1.165, 1.54) is 0 Å². The van der Waals surface area contributed by atoms with Gasteiger partial charge in [-0.15, -0.1) is 0 Å². The summed E-state index contributed by atoms with van der Waals surface area (Å²) in [5.74, 6) is 0. The van der Waals surface area contributed by atoms with E-state index in [9.17, 15) is 0 Å². The number of pyridine rings is 1. The summed E-state index contributed by atoms with van der Waals surface area (Å²) in [7, 11) is -1.05. The van der Waals surface area contributed by atoms with Crippen LogP contribution in [0.5, 0.6) is 0 Å². The van der Waals surface area contributed by atoms with Gasteiger partial charge in [0.25, 0.3) is 0 Å². The van der Waals surface area contributed by atoms with Crippen LogP contribution in [-0.4, -0.2) is 29.4 Å². The van der Waals surface area contributed by atoms with Gasteiger partial charge in [-0.3, -0.25) is 0 Å². The molecule has 7 heteroatoms. The molecule has 2 aromatic heterocycles. The minimum absolute atomic E-state index is 0.437. The van der Waals surface area contributed by atoms with Crippen LogP contribution in [0.4, 0.5) is 0 Å². The number of nitrogens with zero attached hydrogens (tertiary/aromatic N) is 3. The maximum Gasteiger partial charge on any atom is 0.140 e. The minimum atomic E-state index is -1.05. The number of fused-ring (bicyclic) bond motifs is 1. The second-order valence-electron chi connectivity index (χ2n) is 5.66. The van der Waals surface area contributed by atoms with E-state index in [1.54, 1.807) is 16.9 Å². The third kappa shape index (κ3) is 4.01. The highest BCUT2D eigenvalue weighted by molar-refractivity contribution is 9.10. The Balaban J connectivity index is 2.07. The maximum atomic E-state index is 5.92. The molecular formula is C12H17BrClN3OSi. The Kier molecular flexibility index (Phi) is 4.65. The lowest BCUT2D eigenvalue weighted by Crippen LogP contribution is -2.22. The number of ether oxygens (including phenoxy) is 1. The van der Waals surface area contributed by atoms with Crippen molar-refractivity contribution in [1.29, 1.82) is 0 Å². The summed E-state index contributed by atoms with van der Waals surface area (Å²) < 4.78 is 8.27. The van der Waals surface area contributed by atoms with Crippen LogP contribution in [0.3, 0.4) is 0 Å². The first kappa shape index (κ1) is 15.0. The van der Waals surface area contributed by atoms with E-state index in [2.05, 4.69) is 45.7 Å². The predicted molar refractivity (Wildman–Crippen MR) is 84.3 cm³/mol. The second-order valence-corrected chi connectivity index (χ2v) is 12.4. The average Bonchev–Trinajstić information content (AvgIpc) is 2.60. The van der Waals surface area contributed by atoms with Gasteiger partial charge in [-0.2, -0.15) is 5.10 Å². The molecule has 0 saturated carbocycles. The Hall–Kier alpha value is -0.433. The maximum absolute atomic E-state index is 5.92. The first-order chi connectivity index (χ1) is 8.87. The summed E-state index contributed by atoms with van der Waals surface area (Å²) in [4.78, 5) is 4.06. The molecule has 0 aromatic carbocycles. The van der Waals surface area contributed by atoms with Crippen molar-refractivity contribution in [2.24, 2.45) is 0 Å². The lowest BCUT2D eigenvalue weighted by atomic mass is 10.3. The predicted octanol–water partition coefficient (Wildman–Crippen LogP) is 4.16. The van der Waals surface area contributed by atoms with Crippen molar-refractivity contribution in [1.82, 2.24) is 14.8 Å². The van der Waals surface area contributed by atoms with Crippen molar-refractivity contribution in [3.63, 3.8) is 0 Å². The zero-order valence-electron chi connectivity index (χ0n) is 11.3. The number of hydrogen-bond acceptors (Lipinski definition) is 3. The molecule has 2 heterocycles. The van der Waals surface area contributed by atoms with E-state index in [0.29, 0.717) is 11.9 Å². The zero-order valence-corrected chi connectivity index (χ0v) is 14.6. The smallest absolute Gasteiger partial charge is 0.140 e. The fourth-order valence-electron chi connectivity index (χ4n) is 1.63. The largest absolute Gasteiger partial charge is 0.360 e. The minimum Gasteiger partial charge on any atom is -0.360 e. The highest BCUT2D eigenvalue weighted by Gasteiger charge is 2.13. The van der Waals surface area contributed by atoms with Crippen molar-refractivity contribution >= 4 is 46.5 Å². The van der Waals surface area contributed by atoms with Gasteiger partial charge < -0.3 is 4.74 Å². The van der Waals surface area contributed by atoms with Gasteiger partial charge in [0.15, 0.2) is 0 Å². The van der Waals surface area contributed by atoms with Gasteiger partial charge in [0.1, 0.15) is 16.5 Å². The molecule has 0 atom stereocenters. The van der Waals surface area contributed by atoms with Crippen LogP contribution in [0.15, 0.2) is 16.9 Å². The summed E-state index contributed by atoms with van der Waals surface area (Å²) in [6.07, 6.45) is 1.72. The quantitative estimate of drug-likeness (QED) is 0.455. The van der Waals surface area contributed by atoms with E-state index < -0.39 is 8.07 Å². The Labute approximate surface area is 127 Å². The van der Waals surface area contributed by atoms with E-state index in [4.69, 9.17) is 16.3 Å². The van der Waals surface area contributed by atoms with Crippen LogP contribution < -0.4 is 0 Å². The first-order valence-corrected chi connectivity index (χ1v) is 11.0. The second kappa shape index (κ2) is 5.91. The molecule has 2 rings (SSSR count). The monoisotopic (exact) mass is 361 g/mol. The van der Waals surface area contributed by atoms with Gasteiger partial charge in [-0.25, -0.2) is 9.67 Å². The molecule has 0 N–H and O–H groups in total. The molecule has 2 aromatic rings. The Morgan fingerprint density at radius 3 is 2.84 bits per heavy atom. The Bertz CT molecular complexity index is 582. The fourth-order valence-corrected chi connectivity index (χ4v) is 3.04. The molecule has 0 fully saturated rings. The van der Waals surface area contributed by atoms with E-state index in [1.807, 2.05) is 0 Å². The van der Waals surface area contributed by atoms with Crippen molar-refractivity contribution in [3.05, 3.63) is 22.0 Å². The molecule has 4 nitrogen and oxygen atoms in total. The number of rotatable bonds is 5. The third-order valence-corrected chi connectivity index (χ3v) is 5.26. The molecule has 104 valence electrons. The normalized spacial score (nSPS) is 12.3. The van der Waals surface area contributed by atoms with Crippen LogP contribution >= 0.6 is 27.5 Å². The Morgan fingerprint density at radius 2 is 2.16 bits per heavy atom. The van der Waals surface area contributed by atoms with Crippen molar-refractivity contribution in [2.45, 2.75) is 32.4 Å². The number of aromatic nitrogens is 3. The zero-order chi connectivity index (χ0) is 14.0. The van der Waals surface area contributed by atoms with Gasteiger partial charge in [0.05, 0.1) is 10.9 Å². The Morgan fingerprint density at radius 1 is 1.42 bits per heavy atom. The summed E-state index contributed by atoms with van der Waals surface area (Å²) >= 11 is 9.34. The third-order valence-electron chi connectivity index (χ3n) is 2.77. The molecular weight excluding hydrogens is 346 g/mol. The van der Waals surface area contributed by atoms with Gasteiger partial charge in [-0.1, -0.05) is 31.2 Å². The highest BCUT2D eigenvalue weighted by Crippen LogP contribution is 2.24. The SMILES string of the molecule is C[Si](C)(C)CCOCn1nc(Br)c2cnc(Cl)cc21. The first-order valence-electron chi connectivity index (χ1n) is 6.12. The molecule has 0 unspecified atom stereocenters. The molecule has 19 heavy (non-hydrogen) atoms.